The van der Waals surface area contributed by atoms with E-state index in [1.807, 2.05) is 6.92 Å². The number of hydrogen-bond donors (Lipinski definition) is 1. The molecule has 0 spiro atoms. The third-order valence-corrected chi connectivity index (χ3v) is 2.92. The minimum atomic E-state index is -0.202. The summed E-state index contributed by atoms with van der Waals surface area (Å²) in [7, 11) is 0. The van der Waals surface area contributed by atoms with Crippen LogP contribution in [0.4, 0.5) is 4.39 Å². The van der Waals surface area contributed by atoms with Crippen LogP contribution in [0, 0.1) is 5.82 Å². The molecule has 0 amide bonds. The van der Waals surface area contributed by atoms with Crippen molar-refractivity contribution in [2.24, 2.45) is 0 Å². The van der Waals surface area contributed by atoms with Gasteiger partial charge in [-0.25, -0.2) is 4.39 Å². The third-order valence-electron chi connectivity index (χ3n) is 2.92. The normalized spacial score (nSPS) is 14.8. The maximum atomic E-state index is 13.6. The summed E-state index contributed by atoms with van der Waals surface area (Å²) < 4.78 is 13.6. The van der Waals surface area contributed by atoms with Gasteiger partial charge in [0.05, 0.1) is 5.69 Å². The van der Waals surface area contributed by atoms with Gasteiger partial charge in [0.15, 0.2) is 0 Å². The number of pyridine rings is 1. The highest BCUT2D eigenvalue weighted by Crippen LogP contribution is 2.21. The van der Waals surface area contributed by atoms with Crippen LogP contribution in [0.1, 0.15) is 45.2 Å². The van der Waals surface area contributed by atoms with Crippen LogP contribution in [0.15, 0.2) is 18.3 Å². The standard InChI is InChI=1S/C13H21FN2/c1-4-8-15-12(5-2)10(3)13-11(14)7-6-9-16-13/h6-7,9-10,12,15H,4-5,8H2,1-3H3. The fourth-order valence-electron chi connectivity index (χ4n) is 1.93. The second-order valence-electron chi connectivity index (χ2n) is 4.13. The lowest BCUT2D eigenvalue weighted by Crippen LogP contribution is -2.34. The van der Waals surface area contributed by atoms with Gasteiger partial charge < -0.3 is 5.32 Å². The van der Waals surface area contributed by atoms with Crippen LogP contribution in [-0.2, 0) is 0 Å². The molecule has 0 bridgehead atoms. The quantitative estimate of drug-likeness (QED) is 0.803. The van der Waals surface area contributed by atoms with Crippen molar-refractivity contribution in [2.45, 2.75) is 45.6 Å². The Kier molecular flexibility index (Phi) is 5.39. The van der Waals surface area contributed by atoms with Crippen molar-refractivity contribution >= 4 is 0 Å². The van der Waals surface area contributed by atoms with E-state index in [-0.39, 0.29) is 11.7 Å². The van der Waals surface area contributed by atoms with Gasteiger partial charge in [-0.2, -0.15) is 0 Å². The van der Waals surface area contributed by atoms with Crippen molar-refractivity contribution in [1.29, 1.82) is 0 Å². The number of halogens is 1. The summed E-state index contributed by atoms with van der Waals surface area (Å²) in [5.74, 6) is -0.0931. The molecule has 16 heavy (non-hydrogen) atoms. The maximum absolute atomic E-state index is 13.6. The van der Waals surface area contributed by atoms with Gasteiger partial charge in [0, 0.05) is 18.2 Å². The number of nitrogens with one attached hydrogen (secondary N) is 1. The number of rotatable bonds is 6. The van der Waals surface area contributed by atoms with E-state index in [4.69, 9.17) is 0 Å². The van der Waals surface area contributed by atoms with E-state index >= 15 is 0 Å². The summed E-state index contributed by atoms with van der Waals surface area (Å²) in [6.45, 7) is 7.25. The molecule has 1 aromatic heterocycles. The molecule has 0 aromatic carbocycles. The second kappa shape index (κ2) is 6.59. The summed E-state index contributed by atoms with van der Waals surface area (Å²) in [6.07, 6.45) is 3.73. The van der Waals surface area contributed by atoms with Gasteiger partial charge in [0.25, 0.3) is 0 Å². The smallest absolute Gasteiger partial charge is 0.145 e. The Morgan fingerprint density at radius 2 is 2.19 bits per heavy atom. The van der Waals surface area contributed by atoms with Gasteiger partial charge in [0.1, 0.15) is 5.82 Å². The highest BCUT2D eigenvalue weighted by Gasteiger charge is 2.20. The molecule has 0 aliphatic rings. The first-order valence-corrected chi connectivity index (χ1v) is 6.04. The van der Waals surface area contributed by atoms with Gasteiger partial charge in [0.2, 0.25) is 0 Å². The van der Waals surface area contributed by atoms with Crippen molar-refractivity contribution in [2.75, 3.05) is 6.54 Å². The molecule has 2 unspecified atom stereocenters. The summed E-state index contributed by atoms with van der Waals surface area (Å²) in [5.41, 5.74) is 0.568. The van der Waals surface area contributed by atoms with Crippen molar-refractivity contribution in [1.82, 2.24) is 10.3 Å². The van der Waals surface area contributed by atoms with Gasteiger partial charge in [-0.1, -0.05) is 20.8 Å². The lowest BCUT2D eigenvalue weighted by Gasteiger charge is -2.23. The summed E-state index contributed by atoms with van der Waals surface area (Å²) >= 11 is 0. The minimum Gasteiger partial charge on any atom is -0.313 e. The predicted octanol–water partition coefficient (Wildman–Crippen LogP) is 3.10. The highest BCUT2D eigenvalue weighted by molar-refractivity contribution is 5.13. The largest absolute Gasteiger partial charge is 0.313 e. The molecule has 0 aliphatic carbocycles. The Bertz CT molecular complexity index is 315. The molecule has 0 saturated heterocycles. The molecule has 0 radical (unpaired) electrons. The van der Waals surface area contributed by atoms with Gasteiger partial charge in [-0.3, -0.25) is 4.98 Å². The first kappa shape index (κ1) is 13.1. The number of hydrogen-bond acceptors (Lipinski definition) is 2. The van der Waals surface area contributed by atoms with Crippen LogP contribution in [0.25, 0.3) is 0 Å². The lowest BCUT2D eigenvalue weighted by atomic mass is 9.95. The lowest BCUT2D eigenvalue weighted by molar-refractivity contribution is 0.420. The van der Waals surface area contributed by atoms with Crippen LogP contribution >= 0.6 is 0 Å². The van der Waals surface area contributed by atoms with E-state index in [2.05, 4.69) is 24.1 Å². The van der Waals surface area contributed by atoms with Crippen molar-refractivity contribution in [3.63, 3.8) is 0 Å². The molecular formula is C13H21FN2. The van der Waals surface area contributed by atoms with Crippen LogP contribution in [-0.4, -0.2) is 17.6 Å². The van der Waals surface area contributed by atoms with E-state index in [9.17, 15) is 4.39 Å². The highest BCUT2D eigenvalue weighted by atomic mass is 19.1. The van der Waals surface area contributed by atoms with Gasteiger partial charge in [-0.05, 0) is 31.5 Å². The Balaban J connectivity index is 2.74. The van der Waals surface area contributed by atoms with E-state index < -0.39 is 0 Å². The van der Waals surface area contributed by atoms with E-state index in [0.29, 0.717) is 11.7 Å². The van der Waals surface area contributed by atoms with Crippen molar-refractivity contribution in [3.05, 3.63) is 29.8 Å². The van der Waals surface area contributed by atoms with Crippen molar-refractivity contribution in [3.8, 4) is 0 Å². The monoisotopic (exact) mass is 224 g/mol. The molecule has 3 heteroatoms. The van der Waals surface area contributed by atoms with E-state index in [1.54, 1.807) is 12.3 Å². The fraction of sp³-hybridized carbons (Fsp3) is 0.615. The van der Waals surface area contributed by atoms with Crippen LogP contribution in [0.3, 0.4) is 0 Å². The molecule has 1 aromatic rings. The first-order chi connectivity index (χ1) is 7.70. The molecule has 1 rings (SSSR count). The van der Waals surface area contributed by atoms with E-state index in [0.717, 1.165) is 19.4 Å². The Morgan fingerprint density at radius 1 is 1.44 bits per heavy atom. The fourth-order valence-corrected chi connectivity index (χ4v) is 1.93. The summed E-state index contributed by atoms with van der Waals surface area (Å²) in [4.78, 5) is 4.14. The maximum Gasteiger partial charge on any atom is 0.145 e. The molecule has 1 heterocycles. The van der Waals surface area contributed by atoms with Crippen LogP contribution in [0.5, 0.6) is 0 Å². The molecule has 90 valence electrons. The minimum absolute atomic E-state index is 0.109. The van der Waals surface area contributed by atoms with Gasteiger partial charge >= 0.3 is 0 Å². The zero-order chi connectivity index (χ0) is 12.0. The molecule has 0 fully saturated rings. The molecular weight excluding hydrogens is 203 g/mol. The van der Waals surface area contributed by atoms with Crippen molar-refractivity contribution < 1.29 is 4.39 Å². The zero-order valence-corrected chi connectivity index (χ0v) is 10.3. The Labute approximate surface area is 97.3 Å². The average molecular weight is 224 g/mol. The average Bonchev–Trinajstić information content (AvgIpc) is 2.30. The predicted molar refractivity (Wildman–Crippen MR) is 65.0 cm³/mol. The third kappa shape index (κ3) is 3.27. The second-order valence-corrected chi connectivity index (χ2v) is 4.13. The molecule has 2 atom stereocenters. The Hall–Kier alpha value is -0.960. The SMILES string of the molecule is CCCNC(CC)C(C)c1ncccc1F. The molecule has 0 saturated carbocycles. The summed E-state index contributed by atoms with van der Waals surface area (Å²) in [6, 6.07) is 3.40. The molecule has 1 N–H and O–H groups in total. The summed E-state index contributed by atoms with van der Waals surface area (Å²) in [5, 5.41) is 3.44. The number of nitrogens with zero attached hydrogens (tertiary/aromatic N) is 1. The molecule has 0 aliphatic heterocycles. The van der Waals surface area contributed by atoms with E-state index in [1.165, 1.54) is 6.07 Å². The first-order valence-electron chi connectivity index (χ1n) is 6.04. The van der Waals surface area contributed by atoms with Gasteiger partial charge in [-0.15, -0.1) is 0 Å². The van der Waals surface area contributed by atoms with Crippen LogP contribution in [0.2, 0.25) is 0 Å². The topological polar surface area (TPSA) is 24.9 Å². The number of aromatic nitrogens is 1. The Morgan fingerprint density at radius 3 is 2.75 bits per heavy atom. The van der Waals surface area contributed by atoms with Crippen LogP contribution < -0.4 is 5.32 Å². The molecule has 2 nitrogen and oxygen atoms in total. The zero-order valence-electron chi connectivity index (χ0n) is 10.3.